The molecule has 0 aliphatic carbocycles. The van der Waals surface area contributed by atoms with E-state index in [4.69, 9.17) is 5.11 Å². The van der Waals surface area contributed by atoms with Gasteiger partial charge < -0.3 is 10.0 Å². The third-order valence-corrected chi connectivity index (χ3v) is 2.77. The number of aliphatic hydroxyl groups is 1. The second-order valence-corrected chi connectivity index (χ2v) is 4.33. The highest BCUT2D eigenvalue weighted by molar-refractivity contribution is 5.79. The van der Waals surface area contributed by atoms with Crippen LogP contribution in [0.15, 0.2) is 12.1 Å². The van der Waals surface area contributed by atoms with E-state index in [9.17, 15) is 4.79 Å². The van der Waals surface area contributed by atoms with Crippen LogP contribution in [0.3, 0.4) is 0 Å². The van der Waals surface area contributed by atoms with Crippen molar-refractivity contribution in [2.24, 2.45) is 0 Å². The van der Waals surface area contributed by atoms with Gasteiger partial charge >= 0.3 is 0 Å². The molecule has 16 heavy (non-hydrogen) atoms. The van der Waals surface area contributed by atoms with E-state index in [0.29, 0.717) is 6.42 Å². The largest absolute Gasteiger partial charge is 0.392 e. The van der Waals surface area contributed by atoms with Gasteiger partial charge in [0.25, 0.3) is 0 Å². The molecule has 1 aromatic rings. The molecule has 0 heterocycles. The van der Waals surface area contributed by atoms with Crippen LogP contribution in [0.25, 0.3) is 0 Å². The molecule has 3 heteroatoms. The lowest BCUT2D eigenvalue weighted by Crippen LogP contribution is -2.24. The molecular formula is C13H19NO2. The number of nitrogens with zero attached hydrogens (tertiary/aromatic N) is 1. The summed E-state index contributed by atoms with van der Waals surface area (Å²) in [4.78, 5) is 13.2. The molecule has 0 aliphatic heterocycles. The molecular weight excluding hydrogens is 202 g/mol. The number of benzene rings is 1. The molecule has 0 saturated heterocycles. The maximum Gasteiger partial charge on any atom is 0.226 e. The molecule has 0 fully saturated rings. The van der Waals surface area contributed by atoms with Crippen LogP contribution in [-0.2, 0) is 17.8 Å². The highest BCUT2D eigenvalue weighted by atomic mass is 16.3. The number of hydrogen-bond donors (Lipinski definition) is 1. The maximum atomic E-state index is 11.6. The monoisotopic (exact) mass is 221 g/mol. The lowest BCUT2D eigenvalue weighted by atomic mass is 9.97. The molecule has 0 unspecified atom stereocenters. The predicted molar refractivity (Wildman–Crippen MR) is 64.2 cm³/mol. The Morgan fingerprint density at radius 1 is 1.25 bits per heavy atom. The number of carbonyl (C=O) groups excluding carboxylic acids is 1. The lowest BCUT2D eigenvalue weighted by Gasteiger charge is -2.14. The van der Waals surface area contributed by atoms with E-state index in [1.54, 1.807) is 19.0 Å². The summed E-state index contributed by atoms with van der Waals surface area (Å²) in [5, 5.41) is 9.07. The Morgan fingerprint density at radius 3 is 2.12 bits per heavy atom. The van der Waals surface area contributed by atoms with Crippen molar-refractivity contribution in [2.75, 3.05) is 14.1 Å². The second kappa shape index (κ2) is 5.12. The molecule has 88 valence electrons. The van der Waals surface area contributed by atoms with Crippen molar-refractivity contribution in [1.82, 2.24) is 4.90 Å². The van der Waals surface area contributed by atoms with Gasteiger partial charge in [-0.1, -0.05) is 12.1 Å². The van der Waals surface area contributed by atoms with E-state index in [1.165, 1.54) is 0 Å². The molecule has 1 rings (SSSR count). The summed E-state index contributed by atoms with van der Waals surface area (Å²) in [5.41, 5.74) is 4.10. The fraction of sp³-hybridized carbons (Fsp3) is 0.462. The van der Waals surface area contributed by atoms with Crippen LogP contribution < -0.4 is 0 Å². The number of rotatable bonds is 3. The van der Waals surface area contributed by atoms with Crippen molar-refractivity contribution >= 4 is 5.91 Å². The van der Waals surface area contributed by atoms with Crippen LogP contribution in [0.4, 0.5) is 0 Å². The summed E-state index contributed by atoms with van der Waals surface area (Å²) in [6.45, 7) is 4.00. The van der Waals surface area contributed by atoms with Crippen LogP contribution in [0.1, 0.15) is 22.3 Å². The molecule has 0 bridgehead atoms. The summed E-state index contributed by atoms with van der Waals surface area (Å²) in [5.74, 6) is 0.1000. The minimum Gasteiger partial charge on any atom is -0.392 e. The Morgan fingerprint density at radius 2 is 1.75 bits per heavy atom. The summed E-state index contributed by atoms with van der Waals surface area (Å²) in [7, 11) is 3.52. The van der Waals surface area contributed by atoms with Crippen LogP contribution in [-0.4, -0.2) is 30.0 Å². The zero-order valence-electron chi connectivity index (χ0n) is 10.4. The van der Waals surface area contributed by atoms with Gasteiger partial charge in [-0.3, -0.25) is 4.79 Å². The van der Waals surface area contributed by atoms with E-state index in [1.807, 2.05) is 26.0 Å². The van der Waals surface area contributed by atoms with Crippen molar-refractivity contribution in [1.29, 1.82) is 0 Å². The zero-order chi connectivity index (χ0) is 12.3. The van der Waals surface area contributed by atoms with Gasteiger partial charge in [0.05, 0.1) is 13.0 Å². The molecule has 0 aromatic heterocycles. The molecule has 0 radical (unpaired) electrons. The zero-order valence-corrected chi connectivity index (χ0v) is 10.4. The SMILES string of the molecule is Cc1cc(CO)cc(C)c1CC(=O)N(C)C. The van der Waals surface area contributed by atoms with Crippen LogP contribution in [0, 0.1) is 13.8 Å². The van der Waals surface area contributed by atoms with E-state index >= 15 is 0 Å². The van der Waals surface area contributed by atoms with E-state index in [-0.39, 0.29) is 12.5 Å². The van der Waals surface area contributed by atoms with E-state index in [0.717, 1.165) is 22.3 Å². The Kier molecular flexibility index (Phi) is 4.07. The Labute approximate surface area is 96.7 Å². The first kappa shape index (κ1) is 12.7. The smallest absolute Gasteiger partial charge is 0.226 e. The molecule has 0 atom stereocenters. The fourth-order valence-corrected chi connectivity index (χ4v) is 1.76. The van der Waals surface area contributed by atoms with Crippen molar-refractivity contribution in [3.63, 3.8) is 0 Å². The predicted octanol–water partition coefficient (Wildman–Crippen LogP) is 1.43. The first-order chi connectivity index (χ1) is 7.45. The van der Waals surface area contributed by atoms with Crippen LogP contribution in [0.2, 0.25) is 0 Å². The number of likely N-dealkylation sites (N-methyl/N-ethyl adjacent to an activating group) is 1. The highest BCUT2D eigenvalue weighted by Gasteiger charge is 2.11. The summed E-state index contributed by atoms with van der Waals surface area (Å²) in [6.07, 6.45) is 0.427. The lowest BCUT2D eigenvalue weighted by molar-refractivity contribution is -0.127. The number of hydrogen-bond acceptors (Lipinski definition) is 2. The number of carbonyl (C=O) groups is 1. The molecule has 1 amide bonds. The molecule has 0 aliphatic rings. The Balaban J connectivity index is 3.01. The Bertz CT molecular complexity index is 374. The van der Waals surface area contributed by atoms with E-state index in [2.05, 4.69) is 0 Å². The molecule has 0 spiro atoms. The fourth-order valence-electron chi connectivity index (χ4n) is 1.76. The normalized spacial score (nSPS) is 10.3. The second-order valence-electron chi connectivity index (χ2n) is 4.33. The topological polar surface area (TPSA) is 40.5 Å². The first-order valence-corrected chi connectivity index (χ1v) is 5.35. The third-order valence-electron chi connectivity index (χ3n) is 2.77. The van der Waals surface area contributed by atoms with Gasteiger partial charge in [-0.05, 0) is 36.1 Å². The summed E-state index contributed by atoms with van der Waals surface area (Å²) in [6, 6.07) is 3.87. The van der Waals surface area contributed by atoms with Crippen LogP contribution >= 0.6 is 0 Å². The number of aliphatic hydroxyl groups excluding tert-OH is 1. The quantitative estimate of drug-likeness (QED) is 0.838. The van der Waals surface area contributed by atoms with Crippen molar-refractivity contribution in [3.8, 4) is 0 Å². The molecule has 0 saturated carbocycles. The van der Waals surface area contributed by atoms with Crippen LogP contribution in [0.5, 0.6) is 0 Å². The summed E-state index contributed by atoms with van der Waals surface area (Å²) >= 11 is 0. The van der Waals surface area contributed by atoms with Gasteiger partial charge in [-0.15, -0.1) is 0 Å². The van der Waals surface area contributed by atoms with Gasteiger partial charge in [0, 0.05) is 14.1 Å². The number of aryl methyl sites for hydroxylation is 2. The minimum absolute atomic E-state index is 0.0452. The van der Waals surface area contributed by atoms with Gasteiger partial charge in [0.15, 0.2) is 0 Å². The summed E-state index contributed by atoms with van der Waals surface area (Å²) < 4.78 is 0. The molecule has 3 nitrogen and oxygen atoms in total. The third kappa shape index (κ3) is 2.83. The maximum absolute atomic E-state index is 11.6. The van der Waals surface area contributed by atoms with Gasteiger partial charge in [-0.25, -0.2) is 0 Å². The molecule has 1 aromatic carbocycles. The van der Waals surface area contributed by atoms with Gasteiger partial charge in [-0.2, -0.15) is 0 Å². The van der Waals surface area contributed by atoms with Gasteiger partial charge in [0.1, 0.15) is 0 Å². The average Bonchev–Trinajstić information content (AvgIpc) is 2.22. The van der Waals surface area contributed by atoms with Crippen molar-refractivity contribution < 1.29 is 9.90 Å². The van der Waals surface area contributed by atoms with Crippen molar-refractivity contribution in [2.45, 2.75) is 26.9 Å². The standard InChI is InChI=1S/C13H19NO2/c1-9-5-11(8-15)6-10(2)12(9)7-13(16)14(3)4/h5-6,15H,7-8H2,1-4H3. The van der Waals surface area contributed by atoms with E-state index < -0.39 is 0 Å². The van der Waals surface area contributed by atoms with Crippen molar-refractivity contribution in [3.05, 3.63) is 34.4 Å². The highest BCUT2D eigenvalue weighted by Crippen LogP contribution is 2.18. The molecule has 1 N–H and O–H groups in total. The Hall–Kier alpha value is -1.35. The average molecular weight is 221 g/mol. The number of amides is 1. The minimum atomic E-state index is 0.0452. The van der Waals surface area contributed by atoms with Gasteiger partial charge in [0.2, 0.25) is 5.91 Å². The first-order valence-electron chi connectivity index (χ1n) is 5.35.